The third-order valence-electron chi connectivity index (χ3n) is 2.90. The number of benzene rings is 1. The van der Waals surface area contributed by atoms with Gasteiger partial charge >= 0.3 is 0 Å². The van der Waals surface area contributed by atoms with Crippen LogP contribution in [0.1, 0.15) is 30.3 Å². The van der Waals surface area contributed by atoms with Crippen molar-refractivity contribution in [3.8, 4) is 0 Å². The molecule has 0 saturated carbocycles. The number of nitrogens with one attached hydrogen (secondary N) is 1. The Labute approximate surface area is 119 Å². The van der Waals surface area contributed by atoms with Crippen molar-refractivity contribution >= 4 is 11.6 Å². The van der Waals surface area contributed by atoms with Gasteiger partial charge in [-0.3, -0.25) is 20.2 Å². The summed E-state index contributed by atoms with van der Waals surface area (Å²) in [5, 5.41) is 1.63. The number of carbonyl (C=O) groups excluding carboxylic acids is 1. The Morgan fingerprint density at radius 1 is 1.15 bits per heavy atom. The van der Waals surface area contributed by atoms with Crippen LogP contribution in [0.2, 0.25) is 0 Å². The van der Waals surface area contributed by atoms with Crippen molar-refractivity contribution in [3.63, 3.8) is 0 Å². The minimum absolute atomic E-state index is 0.108. The lowest BCUT2D eigenvalue weighted by molar-refractivity contribution is 0.0785. The van der Waals surface area contributed by atoms with Gasteiger partial charge in [0.25, 0.3) is 5.91 Å². The second kappa shape index (κ2) is 7.28. The van der Waals surface area contributed by atoms with Gasteiger partial charge in [-0.05, 0) is 30.7 Å². The van der Waals surface area contributed by atoms with E-state index in [1.54, 1.807) is 23.3 Å². The molecular weight excluding hydrogens is 250 g/mol. The van der Waals surface area contributed by atoms with Crippen molar-refractivity contribution in [2.24, 2.45) is 0 Å². The number of rotatable bonds is 6. The third-order valence-corrected chi connectivity index (χ3v) is 2.90. The number of aromatic nitrogens is 1. The molecule has 1 heterocycles. The maximum absolute atomic E-state index is 12.5. The first-order chi connectivity index (χ1) is 9.81. The number of unbranched alkanes of at least 4 members (excludes halogenated alkanes) is 1. The van der Waals surface area contributed by atoms with Crippen LogP contribution in [0.4, 0.5) is 5.69 Å². The highest BCUT2D eigenvalue weighted by Crippen LogP contribution is 2.10. The van der Waals surface area contributed by atoms with Gasteiger partial charge < -0.3 is 0 Å². The van der Waals surface area contributed by atoms with E-state index in [0.29, 0.717) is 12.2 Å². The molecule has 0 aliphatic carbocycles. The zero-order chi connectivity index (χ0) is 14.2. The number of para-hydroxylation sites is 1. The fraction of sp³-hybridized carbons (Fsp3) is 0.250. The molecule has 0 atom stereocenters. The van der Waals surface area contributed by atoms with Crippen molar-refractivity contribution in [2.45, 2.75) is 19.8 Å². The lowest BCUT2D eigenvalue weighted by Gasteiger charge is -2.24. The van der Waals surface area contributed by atoms with Crippen molar-refractivity contribution < 1.29 is 4.79 Å². The van der Waals surface area contributed by atoms with Crippen LogP contribution in [0.3, 0.4) is 0 Å². The number of amides is 1. The van der Waals surface area contributed by atoms with E-state index in [1.165, 1.54) is 0 Å². The van der Waals surface area contributed by atoms with Gasteiger partial charge in [-0.25, -0.2) is 0 Å². The molecule has 1 amide bonds. The molecule has 0 saturated heterocycles. The van der Waals surface area contributed by atoms with Crippen LogP contribution in [0.15, 0.2) is 54.7 Å². The Morgan fingerprint density at radius 3 is 2.55 bits per heavy atom. The van der Waals surface area contributed by atoms with Gasteiger partial charge in [0.2, 0.25) is 0 Å². The second-order valence-electron chi connectivity index (χ2n) is 4.50. The molecule has 4 heteroatoms. The Balaban J connectivity index is 2.13. The number of hydrogen-bond donors (Lipinski definition) is 1. The van der Waals surface area contributed by atoms with Crippen LogP contribution in [-0.2, 0) is 0 Å². The Bertz CT molecular complexity index is 528. The molecule has 20 heavy (non-hydrogen) atoms. The molecule has 1 aromatic carbocycles. The van der Waals surface area contributed by atoms with Crippen LogP contribution < -0.4 is 5.43 Å². The maximum atomic E-state index is 12.5. The summed E-state index contributed by atoms with van der Waals surface area (Å²) in [5.41, 5.74) is 4.50. The van der Waals surface area contributed by atoms with E-state index in [-0.39, 0.29) is 5.91 Å². The molecule has 0 radical (unpaired) electrons. The molecule has 0 aliphatic heterocycles. The summed E-state index contributed by atoms with van der Waals surface area (Å²) in [5.74, 6) is -0.108. The summed E-state index contributed by atoms with van der Waals surface area (Å²) in [6.45, 7) is 2.76. The van der Waals surface area contributed by atoms with Gasteiger partial charge in [0.05, 0.1) is 5.69 Å². The number of nitrogens with zero attached hydrogens (tertiary/aromatic N) is 2. The SMILES string of the molecule is CCCCN(Nc1ccccc1)C(=O)c1ccccn1. The van der Waals surface area contributed by atoms with Crippen molar-refractivity contribution in [3.05, 3.63) is 60.4 Å². The van der Waals surface area contributed by atoms with Gasteiger partial charge in [0.1, 0.15) is 5.69 Å². The molecule has 0 spiro atoms. The summed E-state index contributed by atoms with van der Waals surface area (Å²) in [6.07, 6.45) is 3.61. The molecule has 0 bridgehead atoms. The monoisotopic (exact) mass is 269 g/mol. The van der Waals surface area contributed by atoms with Gasteiger partial charge in [-0.2, -0.15) is 0 Å². The van der Waals surface area contributed by atoms with E-state index >= 15 is 0 Å². The minimum atomic E-state index is -0.108. The molecule has 0 unspecified atom stereocenters. The summed E-state index contributed by atoms with van der Waals surface area (Å²) in [6, 6.07) is 15.0. The average molecular weight is 269 g/mol. The molecule has 0 aliphatic rings. The number of pyridine rings is 1. The first kappa shape index (κ1) is 14.1. The molecule has 2 aromatic rings. The first-order valence-corrected chi connectivity index (χ1v) is 6.86. The van der Waals surface area contributed by atoms with Gasteiger partial charge in [-0.15, -0.1) is 0 Å². The van der Waals surface area contributed by atoms with Crippen LogP contribution >= 0.6 is 0 Å². The van der Waals surface area contributed by atoms with Crippen LogP contribution in [-0.4, -0.2) is 22.4 Å². The van der Waals surface area contributed by atoms with E-state index < -0.39 is 0 Å². The highest BCUT2D eigenvalue weighted by Gasteiger charge is 2.16. The average Bonchev–Trinajstić information content (AvgIpc) is 2.52. The van der Waals surface area contributed by atoms with Crippen LogP contribution in [0.25, 0.3) is 0 Å². The minimum Gasteiger partial charge on any atom is -0.296 e. The predicted molar refractivity (Wildman–Crippen MR) is 80.2 cm³/mol. The number of anilines is 1. The summed E-state index contributed by atoms with van der Waals surface area (Å²) >= 11 is 0. The summed E-state index contributed by atoms with van der Waals surface area (Å²) in [4.78, 5) is 16.6. The first-order valence-electron chi connectivity index (χ1n) is 6.86. The fourth-order valence-electron chi connectivity index (χ4n) is 1.82. The fourth-order valence-corrected chi connectivity index (χ4v) is 1.82. The zero-order valence-electron chi connectivity index (χ0n) is 11.6. The summed E-state index contributed by atoms with van der Waals surface area (Å²) in [7, 11) is 0. The van der Waals surface area contributed by atoms with Crippen LogP contribution in [0.5, 0.6) is 0 Å². The quantitative estimate of drug-likeness (QED) is 0.818. The lowest BCUT2D eigenvalue weighted by atomic mass is 10.3. The van der Waals surface area contributed by atoms with E-state index in [9.17, 15) is 4.79 Å². The molecule has 104 valence electrons. The standard InChI is InChI=1S/C16H19N3O/c1-2-3-13-19(18-14-9-5-4-6-10-14)16(20)15-11-7-8-12-17-15/h4-12,18H,2-3,13H2,1H3. The van der Waals surface area contributed by atoms with Crippen molar-refractivity contribution in [1.29, 1.82) is 0 Å². The maximum Gasteiger partial charge on any atom is 0.290 e. The molecular formula is C16H19N3O. The normalized spacial score (nSPS) is 10.1. The van der Waals surface area contributed by atoms with Gasteiger partial charge in [0, 0.05) is 12.7 Å². The van der Waals surface area contributed by atoms with Gasteiger partial charge in [0.15, 0.2) is 0 Å². The third kappa shape index (κ3) is 3.82. The summed E-state index contributed by atoms with van der Waals surface area (Å²) < 4.78 is 0. The van der Waals surface area contributed by atoms with E-state index in [0.717, 1.165) is 18.5 Å². The predicted octanol–water partition coefficient (Wildman–Crippen LogP) is 3.35. The lowest BCUT2D eigenvalue weighted by Crippen LogP contribution is -2.37. The Hall–Kier alpha value is -2.36. The zero-order valence-corrected chi connectivity index (χ0v) is 11.6. The van der Waals surface area contributed by atoms with E-state index in [4.69, 9.17) is 0 Å². The molecule has 1 aromatic heterocycles. The van der Waals surface area contributed by atoms with E-state index in [1.807, 2.05) is 36.4 Å². The highest BCUT2D eigenvalue weighted by atomic mass is 16.2. The Morgan fingerprint density at radius 2 is 1.90 bits per heavy atom. The van der Waals surface area contributed by atoms with Gasteiger partial charge in [-0.1, -0.05) is 37.6 Å². The van der Waals surface area contributed by atoms with Crippen molar-refractivity contribution in [1.82, 2.24) is 9.99 Å². The number of hydrazine groups is 1. The van der Waals surface area contributed by atoms with E-state index in [2.05, 4.69) is 17.3 Å². The Kier molecular flexibility index (Phi) is 5.12. The largest absolute Gasteiger partial charge is 0.296 e. The smallest absolute Gasteiger partial charge is 0.290 e. The van der Waals surface area contributed by atoms with Crippen LogP contribution in [0, 0.1) is 0 Å². The topological polar surface area (TPSA) is 45.2 Å². The number of carbonyl (C=O) groups is 1. The van der Waals surface area contributed by atoms with Crippen molar-refractivity contribution in [2.75, 3.05) is 12.0 Å². The molecule has 1 N–H and O–H groups in total. The highest BCUT2D eigenvalue weighted by molar-refractivity contribution is 5.93. The second-order valence-corrected chi connectivity index (χ2v) is 4.50. The molecule has 2 rings (SSSR count). The number of hydrogen-bond acceptors (Lipinski definition) is 3. The molecule has 4 nitrogen and oxygen atoms in total. The molecule has 0 fully saturated rings.